The Morgan fingerprint density at radius 3 is 2.78 bits per heavy atom. The van der Waals surface area contributed by atoms with Crippen LogP contribution in [-0.2, 0) is 11.2 Å². The third-order valence-electron chi connectivity index (χ3n) is 3.24. The van der Waals surface area contributed by atoms with Crippen LogP contribution in [0.3, 0.4) is 0 Å². The van der Waals surface area contributed by atoms with Gasteiger partial charge in [-0.1, -0.05) is 25.1 Å². The molecule has 0 radical (unpaired) electrons. The number of nitro groups is 1. The summed E-state index contributed by atoms with van der Waals surface area (Å²) in [7, 11) is 0. The first-order valence-corrected chi connectivity index (χ1v) is 7.58. The van der Waals surface area contributed by atoms with Gasteiger partial charge < -0.3 is 9.47 Å². The number of hydrogen-bond acceptors (Lipinski definition) is 5. The quantitative estimate of drug-likeness (QED) is 0.540. The summed E-state index contributed by atoms with van der Waals surface area (Å²) in [4.78, 5) is 14.5. The number of pyridine rings is 1. The Labute approximate surface area is 135 Å². The maximum absolute atomic E-state index is 11.1. The predicted molar refractivity (Wildman–Crippen MR) is 86.8 cm³/mol. The molecule has 122 valence electrons. The average molecular weight is 316 g/mol. The van der Waals surface area contributed by atoms with E-state index in [1.807, 2.05) is 25.1 Å². The first kappa shape index (κ1) is 16.9. The lowest BCUT2D eigenvalue weighted by Crippen LogP contribution is -2.12. The summed E-state index contributed by atoms with van der Waals surface area (Å²) in [5, 5.41) is 11.1. The molecule has 0 aliphatic carbocycles. The molecule has 0 spiro atoms. The molecule has 1 atom stereocenters. The summed E-state index contributed by atoms with van der Waals surface area (Å²) < 4.78 is 11.4. The van der Waals surface area contributed by atoms with Crippen molar-refractivity contribution in [2.75, 3.05) is 6.61 Å². The molecular formula is C17H20N2O4. The lowest BCUT2D eigenvalue weighted by atomic mass is 10.1. The number of hydrogen-bond donors (Lipinski definition) is 0. The van der Waals surface area contributed by atoms with Gasteiger partial charge in [0.05, 0.1) is 11.0 Å². The first-order chi connectivity index (χ1) is 11.1. The number of nitrogens with zero attached hydrogens (tertiary/aromatic N) is 2. The molecule has 2 aromatic rings. The van der Waals surface area contributed by atoms with Crippen molar-refractivity contribution in [3.05, 3.63) is 58.3 Å². The molecule has 6 heteroatoms. The second-order valence-electron chi connectivity index (χ2n) is 5.18. The molecule has 6 nitrogen and oxygen atoms in total. The van der Waals surface area contributed by atoms with Crippen LogP contribution in [0.25, 0.3) is 0 Å². The Balaban J connectivity index is 2.19. The van der Waals surface area contributed by atoms with Gasteiger partial charge in [-0.15, -0.1) is 0 Å². The van der Waals surface area contributed by atoms with E-state index in [9.17, 15) is 10.1 Å². The van der Waals surface area contributed by atoms with Gasteiger partial charge in [-0.25, -0.2) is 4.98 Å². The Morgan fingerprint density at radius 1 is 1.26 bits per heavy atom. The fourth-order valence-corrected chi connectivity index (χ4v) is 2.16. The van der Waals surface area contributed by atoms with Crippen LogP contribution in [0.15, 0.2) is 42.6 Å². The Hall–Kier alpha value is -2.47. The van der Waals surface area contributed by atoms with Crippen molar-refractivity contribution >= 4 is 5.69 Å². The van der Waals surface area contributed by atoms with Crippen LogP contribution in [0.4, 0.5) is 5.69 Å². The lowest BCUT2D eigenvalue weighted by molar-refractivity contribution is -0.386. The topological polar surface area (TPSA) is 74.5 Å². The number of para-hydroxylation sites is 1. The zero-order chi connectivity index (χ0) is 16.7. The van der Waals surface area contributed by atoms with Gasteiger partial charge in [0.2, 0.25) is 0 Å². The molecule has 2 rings (SSSR count). The number of rotatable bonds is 8. The smallest absolute Gasteiger partial charge is 0.331 e. The molecule has 0 bridgehead atoms. The van der Waals surface area contributed by atoms with Crippen molar-refractivity contribution in [2.24, 2.45) is 0 Å². The van der Waals surface area contributed by atoms with Crippen LogP contribution < -0.4 is 4.74 Å². The summed E-state index contributed by atoms with van der Waals surface area (Å²) in [5.74, 6) is 0.549. The van der Waals surface area contributed by atoms with Gasteiger partial charge in [0.15, 0.2) is 0 Å². The van der Waals surface area contributed by atoms with E-state index in [4.69, 9.17) is 9.47 Å². The van der Waals surface area contributed by atoms with Crippen molar-refractivity contribution < 1.29 is 14.4 Å². The summed E-state index contributed by atoms with van der Waals surface area (Å²) >= 11 is 0. The van der Waals surface area contributed by atoms with Gasteiger partial charge in [-0.05, 0) is 31.0 Å². The molecular weight excluding hydrogens is 296 g/mol. The summed E-state index contributed by atoms with van der Waals surface area (Å²) in [5.41, 5.74) is 0.772. The van der Waals surface area contributed by atoms with E-state index in [1.165, 1.54) is 18.3 Å². The van der Waals surface area contributed by atoms with Crippen LogP contribution >= 0.6 is 0 Å². The molecule has 0 saturated heterocycles. The van der Waals surface area contributed by atoms with Crippen molar-refractivity contribution in [2.45, 2.75) is 32.8 Å². The van der Waals surface area contributed by atoms with Gasteiger partial charge in [0.25, 0.3) is 5.88 Å². The minimum absolute atomic E-state index is 0.00733. The fourth-order valence-electron chi connectivity index (χ4n) is 2.16. The lowest BCUT2D eigenvalue weighted by Gasteiger charge is -2.15. The molecule has 1 heterocycles. The highest BCUT2D eigenvalue weighted by atomic mass is 16.6. The molecule has 1 aromatic heterocycles. The van der Waals surface area contributed by atoms with E-state index in [0.29, 0.717) is 18.8 Å². The highest BCUT2D eigenvalue weighted by Crippen LogP contribution is 2.31. The molecule has 0 fully saturated rings. The zero-order valence-corrected chi connectivity index (χ0v) is 13.3. The predicted octanol–water partition coefficient (Wildman–Crippen LogP) is 4.14. The van der Waals surface area contributed by atoms with Gasteiger partial charge in [-0.3, -0.25) is 10.1 Å². The molecule has 1 aromatic carbocycles. The third kappa shape index (κ3) is 4.75. The molecule has 0 N–H and O–H groups in total. The Kier molecular flexibility index (Phi) is 6.05. The maximum atomic E-state index is 11.1. The number of ether oxygens (including phenoxy) is 2. The first-order valence-electron chi connectivity index (χ1n) is 7.58. The van der Waals surface area contributed by atoms with E-state index in [-0.39, 0.29) is 17.7 Å². The van der Waals surface area contributed by atoms with E-state index < -0.39 is 4.92 Å². The molecule has 0 saturated carbocycles. The molecule has 0 amide bonds. The minimum Gasteiger partial charge on any atom is -0.433 e. The van der Waals surface area contributed by atoms with Crippen molar-refractivity contribution in [3.63, 3.8) is 0 Å². The van der Waals surface area contributed by atoms with Gasteiger partial charge in [0.1, 0.15) is 5.75 Å². The zero-order valence-electron chi connectivity index (χ0n) is 13.3. The Bertz CT molecular complexity index is 661. The molecule has 1 unspecified atom stereocenters. The highest BCUT2D eigenvalue weighted by Gasteiger charge is 2.18. The summed E-state index contributed by atoms with van der Waals surface area (Å²) in [6.07, 6.45) is 3.13. The van der Waals surface area contributed by atoms with Crippen molar-refractivity contribution in [1.29, 1.82) is 0 Å². The number of benzene rings is 1. The monoisotopic (exact) mass is 316 g/mol. The third-order valence-corrected chi connectivity index (χ3v) is 3.24. The van der Waals surface area contributed by atoms with E-state index >= 15 is 0 Å². The summed E-state index contributed by atoms with van der Waals surface area (Å²) in [6.45, 7) is 4.76. The van der Waals surface area contributed by atoms with Crippen LogP contribution in [0.1, 0.15) is 25.8 Å². The second kappa shape index (κ2) is 8.24. The highest BCUT2D eigenvalue weighted by molar-refractivity contribution is 5.44. The van der Waals surface area contributed by atoms with Gasteiger partial charge in [-0.2, -0.15) is 0 Å². The number of aromatic nitrogens is 1. The molecule has 23 heavy (non-hydrogen) atoms. The molecule has 0 aliphatic heterocycles. The van der Waals surface area contributed by atoms with E-state index in [0.717, 1.165) is 12.0 Å². The minimum atomic E-state index is -0.502. The second-order valence-corrected chi connectivity index (χ2v) is 5.18. The normalized spacial score (nSPS) is 11.9. The SMILES string of the molecule is CCCOC(C)Cc1ccccc1Oc1ncccc1[N+](=O)[O-]. The van der Waals surface area contributed by atoms with Crippen molar-refractivity contribution in [1.82, 2.24) is 4.98 Å². The van der Waals surface area contributed by atoms with E-state index in [2.05, 4.69) is 11.9 Å². The average Bonchev–Trinajstić information content (AvgIpc) is 2.55. The van der Waals surface area contributed by atoms with Gasteiger partial charge >= 0.3 is 5.69 Å². The Morgan fingerprint density at radius 2 is 2.04 bits per heavy atom. The largest absolute Gasteiger partial charge is 0.433 e. The molecule has 0 aliphatic rings. The van der Waals surface area contributed by atoms with Crippen LogP contribution in [0.5, 0.6) is 11.6 Å². The van der Waals surface area contributed by atoms with Crippen LogP contribution in [0.2, 0.25) is 0 Å². The van der Waals surface area contributed by atoms with Crippen molar-refractivity contribution in [3.8, 4) is 11.6 Å². The van der Waals surface area contributed by atoms with Gasteiger partial charge in [0, 0.05) is 25.3 Å². The standard InChI is InChI=1S/C17H20N2O4/c1-3-11-22-13(2)12-14-7-4-5-9-16(14)23-17-15(19(20)21)8-6-10-18-17/h4-10,13H,3,11-12H2,1-2H3. The van der Waals surface area contributed by atoms with E-state index in [1.54, 1.807) is 6.07 Å². The summed E-state index contributed by atoms with van der Waals surface area (Å²) in [6, 6.07) is 10.3. The maximum Gasteiger partial charge on any atom is 0.331 e. The van der Waals surface area contributed by atoms with Crippen LogP contribution in [-0.4, -0.2) is 22.6 Å². The fraction of sp³-hybridized carbons (Fsp3) is 0.353. The van der Waals surface area contributed by atoms with Crippen LogP contribution in [0, 0.1) is 10.1 Å².